The van der Waals surface area contributed by atoms with Gasteiger partial charge in [0.2, 0.25) is 5.91 Å². The molecule has 0 fully saturated rings. The van der Waals surface area contributed by atoms with Crippen molar-refractivity contribution in [2.24, 2.45) is 5.92 Å². The van der Waals surface area contributed by atoms with Gasteiger partial charge in [-0.25, -0.2) is 0 Å². The third-order valence-electron chi connectivity index (χ3n) is 2.17. The number of rotatable bonds is 7. The number of carbonyl (C=O) groups is 1. The number of hydrogen-bond acceptors (Lipinski definition) is 2. The third kappa shape index (κ3) is 5.80. The lowest BCUT2D eigenvalue weighted by Gasteiger charge is -2.18. The van der Waals surface area contributed by atoms with Gasteiger partial charge in [-0.15, -0.1) is 0 Å². The number of aliphatic hydroxyl groups excluding tert-OH is 1. The maximum atomic E-state index is 11.6. The van der Waals surface area contributed by atoms with Gasteiger partial charge in [0.25, 0.3) is 0 Å². The van der Waals surface area contributed by atoms with E-state index in [0.717, 1.165) is 19.3 Å². The molecule has 0 heterocycles. The zero-order valence-corrected chi connectivity index (χ0v) is 11.1. The van der Waals surface area contributed by atoms with Crippen molar-refractivity contribution in [1.29, 1.82) is 0 Å². The Balaban J connectivity index is 3.98. The molecule has 0 aromatic heterocycles. The molecule has 0 radical (unpaired) electrons. The van der Waals surface area contributed by atoms with E-state index < -0.39 is 0 Å². The van der Waals surface area contributed by atoms with E-state index in [1.807, 2.05) is 0 Å². The molecule has 2 atom stereocenters. The first-order chi connectivity index (χ1) is 6.63. The van der Waals surface area contributed by atoms with Crippen LogP contribution < -0.4 is 5.32 Å². The summed E-state index contributed by atoms with van der Waals surface area (Å²) in [7, 11) is 0. The van der Waals surface area contributed by atoms with Gasteiger partial charge in [-0.05, 0) is 6.42 Å². The zero-order valence-electron chi connectivity index (χ0n) is 8.92. The quantitative estimate of drug-likeness (QED) is 0.555. The number of unbranched alkanes of at least 4 members (excludes halogenated alkanes) is 1. The summed E-state index contributed by atoms with van der Waals surface area (Å²) in [6.07, 6.45) is 3.15. The van der Waals surface area contributed by atoms with Crippen LogP contribution in [0.2, 0.25) is 0 Å². The molecule has 0 bridgehead atoms. The molecular weight excluding hydrogens is 293 g/mol. The standard InChI is InChI=1S/C10H20INO2/c1-3-4-5-9(8(2)11)10(14)12-6-7-13/h8-9,13H,3-7H2,1-2H3,(H,12,14)/t8?,9-/m0/s1. The van der Waals surface area contributed by atoms with Crippen LogP contribution in [0.5, 0.6) is 0 Å². The van der Waals surface area contributed by atoms with Gasteiger partial charge in [0.15, 0.2) is 0 Å². The molecule has 0 saturated carbocycles. The van der Waals surface area contributed by atoms with E-state index in [0.29, 0.717) is 10.5 Å². The predicted molar refractivity (Wildman–Crippen MR) is 66.6 cm³/mol. The fourth-order valence-corrected chi connectivity index (χ4v) is 1.99. The van der Waals surface area contributed by atoms with E-state index in [-0.39, 0.29) is 18.4 Å². The summed E-state index contributed by atoms with van der Waals surface area (Å²) in [5.74, 6) is 0.163. The van der Waals surface area contributed by atoms with Gasteiger partial charge in [-0.2, -0.15) is 0 Å². The average molecular weight is 313 g/mol. The van der Waals surface area contributed by atoms with Gasteiger partial charge in [0, 0.05) is 16.4 Å². The maximum absolute atomic E-state index is 11.6. The van der Waals surface area contributed by atoms with Crippen molar-refractivity contribution in [1.82, 2.24) is 5.32 Å². The second-order valence-corrected chi connectivity index (χ2v) is 5.41. The van der Waals surface area contributed by atoms with E-state index in [4.69, 9.17) is 5.11 Å². The fraction of sp³-hybridized carbons (Fsp3) is 0.900. The summed E-state index contributed by atoms with van der Waals surface area (Å²) in [4.78, 5) is 11.6. The Kier molecular flexibility index (Phi) is 8.56. The largest absolute Gasteiger partial charge is 0.395 e. The van der Waals surface area contributed by atoms with Crippen molar-refractivity contribution >= 4 is 28.5 Å². The first-order valence-electron chi connectivity index (χ1n) is 5.16. The molecule has 1 unspecified atom stereocenters. The minimum Gasteiger partial charge on any atom is -0.395 e. The molecule has 0 aromatic rings. The summed E-state index contributed by atoms with van der Waals surface area (Å²) in [5, 5.41) is 11.3. The van der Waals surface area contributed by atoms with Crippen molar-refractivity contribution in [3.05, 3.63) is 0 Å². The summed E-state index contributed by atoms with van der Waals surface area (Å²) >= 11 is 2.29. The molecule has 0 saturated heterocycles. The minimum absolute atomic E-state index is 0.0157. The number of alkyl halides is 1. The molecule has 0 aliphatic carbocycles. The van der Waals surface area contributed by atoms with Gasteiger partial charge in [-0.3, -0.25) is 4.79 Å². The molecule has 0 aliphatic heterocycles. The minimum atomic E-state index is 0.0157. The molecular formula is C10H20INO2. The highest BCUT2D eigenvalue weighted by Gasteiger charge is 2.21. The van der Waals surface area contributed by atoms with E-state index in [2.05, 4.69) is 41.8 Å². The summed E-state index contributed by atoms with van der Waals surface area (Å²) in [6.45, 7) is 4.56. The van der Waals surface area contributed by atoms with Crippen LogP contribution >= 0.6 is 22.6 Å². The van der Waals surface area contributed by atoms with Crippen LogP contribution in [-0.2, 0) is 4.79 Å². The van der Waals surface area contributed by atoms with Crippen LogP contribution in [0.4, 0.5) is 0 Å². The molecule has 0 aromatic carbocycles. The van der Waals surface area contributed by atoms with Gasteiger partial charge < -0.3 is 10.4 Å². The highest BCUT2D eigenvalue weighted by molar-refractivity contribution is 14.1. The van der Waals surface area contributed by atoms with E-state index in [1.54, 1.807) is 0 Å². The third-order valence-corrected chi connectivity index (χ3v) is 3.04. The Bertz CT molecular complexity index is 162. The highest BCUT2D eigenvalue weighted by atomic mass is 127. The van der Waals surface area contributed by atoms with Gasteiger partial charge in [-0.1, -0.05) is 49.3 Å². The van der Waals surface area contributed by atoms with Crippen molar-refractivity contribution in [2.45, 2.75) is 37.0 Å². The zero-order chi connectivity index (χ0) is 11.0. The molecule has 0 rings (SSSR count). The summed E-state index contributed by atoms with van der Waals surface area (Å²) in [6, 6.07) is 0. The lowest BCUT2D eigenvalue weighted by Crippen LogP contribution is -2.36. The number of hydrogen-bond donors (Lipinski definition) is 2. The number of amides is 1. The molecule has 2 N–H and O–H groups in total. The van der Waals surface area contributed by atoms with Crippen LogP contribution in [0.15, 0.2) is 0 Å². The van der Waals surface area contributed by atoms with E-state index in [9.17, 15) is 4.79 Å². The number of aliphatic hydroxyl groups is 1. The Morgan fingerprint density at radius 1 is 1.57 bits per heavy atom. The smallest absolute Gasteiger partial charge is 0.224 e. The van der Waals surface area contributed by atoms with Crippen molar-refractivity contribution in [2.75, 3.05) is 13.2 Å². The van der Waals surface area contributed by atoms with Crippen LogP contribution in [0, 0.1) is 5.92 Å². The summed E-state index contributed by atoms with van der Waals surface area (Å²) in [5.41, 5.74) is 0. The number of nitrogens with one attached hydrogen (secondary N) is 1. The highest BCUT2D eigenvalue weighted by Crippen LogP contribution is 2.19. The average Bonchev–Trinajstić information content (AvgIpc) is 2.14. The lowest BCUT2D eigenvalue weighted by atomic mass is 9.98. The fourth-order valence-electron chi connectivity index (χ4n) is 1.30. The molecule has 0 aliphatic rings. The predicted octanol–water partition coefficient (Wildman–Crippen LogP) is 1.72. The van der Waals surface area contributed by atoms with Gasteiger partial charge in [0.05, 0.1) is 6.61 Å². The second kappa shape index (κ2) is 8.47. The lowest BCUT2D eigenvalue weighted by molar-refractivity contribution is -0.125. The van der Waals surface area contributed by atoms with E-state index >= 15 is 0 Å². The molecule has 1 amide bonds. The molecule has 84 valence electrons. The topological polar surface area (TPSA) is 49.3 Å². The Morgan fingerprint density at radius 3 is 2.64 bits per heavy atom. The summed E-state index contributed by atoms with van der Waals surface area (Å²) < 4.78 is 0.345. The van der Waals surface area contributed by atoms with Gasteiger partial charge >= 0.3 is 0 Å². The van der Waals surface area contributed by atoms with Crippen LogP contribution in [0.3, 0.4) is 0 Å². The molecule has 14 heavy (non-hydrogen) atoms. The number of halogens is 1. The van der Waals surface area contributed by atoms with Crippen LogP contribution in [0.1, 0.15) is 33.1 Å². The normalized spacial score (nSPS) is 14.9. The first kappa shape index (κ1) is 14.2. The van der Waals surface area contributed by atoms with Crippen LogP contribution in [0.25, 0.3) is 0 Å². The first-order valence-corrected chi connectivity index (χ1v) is 6.40. The Labute approximate surface area is 99.8 Å². The van der Waals surface area contributed by atoms with Crippen molar-refractivity contribution < 1.29 is 9.90 Å². The maximum Gasteiger partial charge on any atom is 0.224 e. The Hall–Kier alpha value is 0.160. The van der Waals surface area contributed by atoms with Crippen molar-refractivity contribution in [3.8, 4) is 0 Å². The number of carbonyl (C=O) groups excluding carboxylic acids is 1. The SMILES string of the molecule is CCCC[C@H](C(=O)NCCO)C(C)I. The molecule has 4 heteroatoms. The van der Waals surface area contributed by atoms with Crippen LogP contribution in [-0.4, -0.2) is 28.1 Å². The molecule has 0 spiro atoms. The van der Waals surface area contributed by atoms with Gasteiger partial charge in [0.1, 0.15) is 0 Å². The second-order valence-electron chi connectivity index (χ2n) is 3.44. The van der Waals surface area contributed by atoms with E-state index in [1.165, 1.54) is 0 Å². The van der Waals surface area contributed by atoms with Crippen molar-refractivity contribution in [3.63, 3.8) is 0 Å². The molecule has 3 nitrogen and oxygen atoms in total. The Morgan fingerprint density at radius 2 is 2.21 bits per heavy atom. The monoisotopic (exact) mass is 313 g/mol.